The summed E-state index contributed by atoms with van der Waals surface area (Å²) in [7, 11) is 0. The molecule has 0 radical (unpaired) electrons. The van der Waals surface area contributed by atoms with Crippen LogP contribution in [0.5, 0.6) is 0 Å². The third-order valence-electron chi connectivity index (χ3n) is 3.45. The van der Waals surface area contributed by atoms with Crippen molar-refractivity contribution in [3.8, 4) is 0 Å². The van der Waals surface area contributed by atoms with Crippen molar-refractivity contribution >= 4 is 5.91 Å². The van der Waals surface area contributed by atoms with Gasteiger partial charge in [0.05, 0.1) is 18.9 Å². The Balaban J connectivity index is 2.06. The summed E-state index contributed by atoms with van der Waals surface area (Å²) < 4.78 is 5.46. The van der Waals surface area contributed by atoms with E-state index in [1.54, 1.807) is 6.20 Å². The van der Waals surface area contributed by atoms with E-state index in [0.29, 0.717) is 26.3 Å². The number of amides is 1. The average Bonchev–Trinajstić information content (AvgIpc) is 2.47. The molecule has 1 unspecified atom stereocenters. The molecule has 2 rings (SSSR count). The first-order chi connectivity index (χ1) is 10.1. The number of carbonyl (C=O) groups is 1. The first-order valence-corrected chi connectivity index (χ1v) is 7.36. The Labute approximate surface area is 125 Å². The number of aromatic nitrogens is 1. The zero-order valence-corrected chi connectivity index (χ0v) is 12.7. The van der Waals surface area contributed by atoms with Crippen LogP contribution >= 0.6 is 0 Å². The Hall–Kier alpha value is -1.50. The van der Waals surface area contributed by atoms with Gasteiger partial charge in [-0.05, 0) is 31.5 Å². The van der Waals surface area contributed by atoms with Crippen LogP contribution in [0, 0.1) is 0 Å². The lowest BCUT2D eigenvalue weighted by Gasteiger charge is -2.35. The van der Waals surface area contributed by atoms with Crippen LogP contribution in [-0.2, 0) is 22.6 Å². The van der Waals surface area contributed by atoms with Gasteiger partial charge in [-0.3, -0.25) is 14.7 Å². The maximum Gasteiger partial charge on any atom is 0.239 e. The average molecular weight is 292 g/mol. The van der Waals surface area contributed by atoms with Crippen molar-refractivity contribution in [3.05, 3.63) is 29.6 Å². The summed E-state index contributed by atoms with van der Waals surface area (Å²) in [5, 5.41) is 2.96. The molecule has 6 nitrogen and oxygen atoms in total. The van der Waals surface area contributed by atoms with Crippen molar-refractivity contribution in [2.75, 3.05) is 19.8 Å². The second-order valence-corrected chi connectivity index (χ2v) is 5.58. The van der Waals surface area contributed by atoms with Crippen molar-refractivity contribution in [1.82, 2.24) is 15.2 Å². The van der Waals surface area contributed by atoms with E-state index in [1.807, 2.05) is 26.0 Å². The molecule has 1 aliphatic rings. The Morgan fingerprint density at radius 2 is 2.43 bits per heavy atom. The minimum Gasteiger partial charge on any atom is -0.378 e. The summed E-state index contributed by atoms with van der Waals surface area (Å²) in [6, 6.07) is 3.85. The molecule has 0 bridgehead atoms. The quantitative estimate of drug-likeness (QED) is 0.814. The summed E-state index contributed by atoms with van der Waals surface area (Å²) in [5.74, 6) is 0.0257. The fraction of sp³-hybridized carbons (Fsp3) is 0.600. The van der Waals surface area contributed by atoms with E-state index in [4.69, 9.17) is 10.5 Å². The molecule has 2 heterocycles. The smallest absolute Gasteiger partial charge is 0.239 e. The van der Waals surface area contributed by atoms with E-state index in [0.717, 1.165) is 17.8 Å². The minimum absolute atomic E-state index is 0.0257. The molecule has 6 heteroatoms. The molecular weight excluding hydrogens is 268 g/mol. The van der Waals surface area contributed by atoms with Gasteiger partial charge in [-0.15, -0.1) is 0 Å². The zero-order valence-electron chi connectivity index (χ0n) is 12.7. The van der Waals surface area contributed by atoms with E-state index in [9.17, 15) is 4.79 Å². The topological polar surface area (TPSA) is 80.5 Å². The van der Waals surface area contributed by atoms with Crippen molar-refractivity contribution in [2.24, 2.45) is 5.73 Å². The molecule has 0 aliphatic carbocycles. The Morgan fingerprint density at radius 3 is 3.14 bits per heavy atom. The highest BCUT2D eigenvalue weighted by molar-refractivity contribution is 5.82. The van der Waals surface area contributed by atoms with E-state index in [-0.39, 0.29) is 18.0 Å². The van der Waals surface area contributed by atoms with Crippen LogP contribution in [0.15, 0.2) is 18.3 Å². The number of hydrogen-bond donors (Lipinski definition) is 2. The van der Waals surface area contributed by atoms with Gasteiger partial charge in [0.1, 0.15) is 6.04 Å². The van der Waals surface area contributed by atoms with Gasteiger partial charge in [0, 0.05) is 31.9 Å². The van der Waals surface area contributed by atoms with Crippen molar-refractivity contribution in [2.45, 2.75) is 39.0 Å². The van der Waals surface area contributed by atoms with Crippen LogP contribution in [-0.4, -0.2) is 47.6 Å². The number of morpholine rings is 1. The third-order valence-corrected chi connectivity index (χ3v) is 3.45. The largest absolute Gasteiger partial charge is 0.378 e. The van der Waals surface area contributed by atoms with Crippen LogP contribution < -0.4 is 11.1 Å². The molecule has 3 N–H and O–H groups in total. The second kappa shape index (κ2) is 7.49. The minimum atomic E-state index is -0.240. The number of carbonyl (C=O) groups excluding carboxylic acids is 1. The van der Waals surface area contributed by atoms with Gasteiger partial charge in [0.15, 0.2) is 0 Å². The van der Waals surface area contributed by atoms with E-state index < -0.39 is 0 Å². The lowest BCUT2D eigenvalue weighted by atomic mass is 10.1. The molecule has 1 atom stereocenters. The van der Waals surface area contributed by atoms with Crippen LogP contribution in [0.2, 0.25) is 0 Å². The standard InChI is InChI=1S/C15H24N4O2/c1-11(2)18-15(20)14-10-21-6-5-19(14)9-12-3-4-17-13(7-12)8-16/h3-4,7,11,14H,5-6,8-10,16H2,1-2H3,(H,18,20). The first kappa shape index (κ1) is 15.9. The van der Waals surface area contributed by atoms with Crippen LogP contribution in [0.25, 0.3) is 0 Å². The number of ether oxygens (including phenoxy) is 1. The molecule has 116 valence electrons. The lowest BCUT2D eigenvalue weighted by Crippen LogP contribution is -2.54. The number of nitrogens with two attached hydrogens (primary N) is 1. The molecular formula is C15H24N4O2. The van der Waals surface area contributed by atoms with Gasteiger partial charge in [-0.1, -0.05) is 0 Å². The second-order valence-electron chi connectivity index (χ2n) is 5.58. The molecule has 1 aromatic heterocycles. The molecule has 1 aliphatic heterocycles. The van der Waals surface area contributed by atoms with Gasteiger partial charge in [0.2, 0.25) is 5.91 Å². The molecule has 0 aromatic carbocycles. The summed E-state index contributed by atoms with van der Waals surface area (Å²) in [6.07, 6.45) is 1.77. The molecule has 0 saturated carbocycles. The third kappa shape index (κ3) is 4.49. The van der Waals surface area contributed by atoms with Gasteiger partial charge in [0.25, 0.3) is 0 Å². The van der Waals surface area contributed by atoms with Gasteiger partial charge < -0.3 is 15.8 Å². The van der Waals surface area contributed by atoms with Crippen LogP contribution in [0.3, 0.4) is 0 Å². The predicted molar refractivity (Wildman–Crippen MR) is 80.4 cm³/mol. The number of nitrogens with one attached hydrogen (secondary N) is 1. The number of nitrogens with zero attached hydrogens (tertiary/aromatic N) is 2. The van der Waals surface area contributed by atoms with Gasteiger partial charge in [-0.25, -0.2) is 0 Å². The zero-order chi connectivity index (χ0) is 15.2. The van der Waals surface area contributed by atoms with Crippen molar-refractivity contribution in [1.29, 1.82) is 0 Å². The molecule has 1 amide bonds. The SMILES string of the molecule is CC(C)NC(=O)C1COCCN1Cc1ccnc(CN)c1. The monoisotopic (exact) mass is 292 g/mol. The van der Waals surface area contributed by atoms with Crippen molar-refractivity contribution in [3.63, 3.8) is 0 Å². The summed E-state index contributed by atoms with van der Waals surface area (Å²) in [4.78, 5) is 18.6. The Kier molecular flexibility index (Phi) is 5.67. The fourth-order valence-electron chi connectivity index (χ4n) is 2.42. The Bertz CT molecular complexity index is 478. The molecule has 0 spiro atoms. The molecule has 1 fully saturated rings. The highest BCUT2D eigenvalue weighted by Crippen LogP contribution is 2.13. The lowest BCUT2D eigenvalue weighted by molar-refractivity contribution is -0.133. The maximum atomic E-state index is 12.3. The fourth-order valence-corrected chi connectivity index (χ4v) is 2.42. The number of rotatable bonds is 5. The van der Waals surface area contributed by atoms with Crippen LogP contribution in [0.4, 0.5) is 0 Å². The van der Waals surface area contributed by atoms with E-state index >= 15 is 0 Å². The predicted octanol–water partition coefficient (Wildman–Crippen LogP) is 0.266. The van der Waals surface area contributed by atoms with Gasteiger partial charge in [-0.2, -0.15) is 0 Å². The molecule has 21 heavy (non-hydrogen) atoms. The highest BCUT2D eigenvalue weighted by atomic mass is 16.5. The van der Waals surface area contributed by atoms with Crippen molar-refractivity contribution < 1.29 is 9.53 Å². The highest BCUT2D eigenvalue weighted by Gasteiger charge is 2.29. The maximum absolute atomic E-state index is 12.3. The van der Waals surface area contributed by atoms with Crippen LogP contribution in [0.1, 0.15) is 25.1 Å². The Morgan fingerprint density at radius 1 is 1.62 bits per heavy atom. The van der Waals surface area contributed by atoms with E-state index in [1.165, 1.54) is 0 Å². The summed E-state index contributed by atoms with van der Waals surface area (Å²) in [6.45, 7) is 6.89. The summed E-state index contributed by atoms with van der Waals surface area (Å²) in [5.41, 5.74) is 7.61. The molecule has 1 aromatic rings. The normalized spacial score (nSPS) is 19.7. The number of pyridine rings is 1. The molecule has 1 saturated heterocycles. The number of hydrogen-bond acceptors (Lipinski definition) is 5. The first-order valence-electron chi connectivity index (χ1n) is 7.36. The van der Waals surface area contributed by atoms with Gasteiger partial charge >= 0.3 is 0 Å². The van der Waals surface area contributed by atoms with E-state index in [2.05, 4.69) is 15.2 Å². The summed E-state index contributed by atoms with van der Waals surface area (Å²) >= 11 is 0.